The SMILES string of the molecule is Cc1ccc2c(c1C1CCN(C[C@H]3CC[C@H](n4cc5cc(NC(=O)c6cccc(C(F)(F)F)n6)c(F)cc5n4)CC3)CC1)n(C)c(=O)n2C1CCC(=O)NC1=O. The van der Waals surface area contributed by atoms with Gasteiger partial charge in [0.25, 0.3) is 5.91 Å². The number of nitrogens with one attached hydrogen (secondary N) is 2. The number of amides is 3. The number of anilines is 1. The van der Waals surface area contributed by atoms with E-state index in [2.05, 4.69) is 32.5 Å². The number of alkyl halides is 3. The smallest absolute Gasteiger partial charge is 0.318 e. The molecule has 2 saturated heterocycles. The molecule has 5 heterocycles. The Bertz CT molecular complexity index is 2420. The first kappa shape index (κ1) is 37.5. The summed E-state index contributed by atoms with van der Waals surface area (Å²) < 4.78 is 59.3. The predicted molar refractivity (Wildman–Crippen MR) is 200 cm³/mol. The summed E-state index contributed by atoms with van der Waals surface area (Å²) in [5.41, 5.74) is 2.16. The fourth-order valence-electron chi connectivity index (χ4n) is 8.96. The van der Waals surface area contributed by atoms with Crippen molar-refractivity contribution in [1.29, 1.82) is 0 Å². The minimum atomic E-state index is -4.72. The minimum absolute atomic E-state index is 0.127. The van der Waals surface area contributed by atoms with Crippen LogP contribution in [0.25, 0.3) is 21.9 Å². The Labute approximate surface area is 318 Å². The number of piperidine rings is 2. The van der Waals surface area contributed by atoms with Gasteiger partial charge in [-0.15, -0.1) is 0 Å². The molecule has 3 aromatic heterocycles. The van der Waals surface area contributed by atoms with Gasteiger partial charge in [0, 0.05) is 37.7 Å². The maximum absolute atomic E-state index is 15.0. The number of pyridine rings is 1. The molecule has 1 aliphatic carbocycles. The van der Waals surface area contributed by atoms with Crippen LogP contribution in [-0.2, 0) is 22.8 Å². The number of aromatic nitrogens is 5. The normalized spacial score (nSPS) is 21.5. The molecule has 0 radical (unpaired) electrons. The lowest BCUT2D eigenvalue weighted by atomic mass is 9.83. The summed E-state index contributed by atoms with van der Waals surface area (Å²) in [5.74, 6) is -1.68. The van der Waals surface area contributed by atoms with E-state index in [0.717, 1.165) is 98.5 Å². The van der Waals surface area contributed by atoms with Crippen LogP contribution in [0.15, 0.2) is 53.5 Å². The molecule has 294 valence electrons. The van der Waals surface area contributed by atoms with Gasteiger partial charge in [-0.2, -0.15) is 18.3 Å². The van der Waals surface area contributed by atoms with Gasteiger partial charge < -0.3 is 10.2 Å². The van der Waals surface area contributed by atoms with Gasteiger partial charge in [0.05, 0.1) is 28.3 Å². The molecule has 16 heteroatoms. The predicted octanol–water partition coefficient (Wildman–Crippen LogP) is 6.39. The minimum Gasteiger partial charge on any atom is -0.318 e. The number of imidazole rings is 1. The fourth-order valence-corrected chi connectivity index (χ4v) is 8.96. The van der Waals surface area contributed by atoms with Crippen molar-refractivity contribution in [2.24, 2.45) is 13.0 Å². The molecule has 0 spiro atoms. The van der Waals surface area contributed by atoms with E-state index in [9.17, 15) is 32.3 Å². The molecule has 1 unspecified atom stereocenters. The van der Waals surface area contributed by atoms with Crippen LogP contribution in [0.2, 0.25) is 0 Å². The van der Waals surface area contributed by atoms with Crippen molar-refractivity contribution in [3.63, 3.8) is 0 Å². The van der Waals surface area contributed by atoms with Gasteiger partial charge in [-0.25, -0.2) is 14.2 Å². The number of rotatable bonds is 7. The van der Waals surface area contributed by atoms with Crippen molar-refractivity contribution < 1.29 is 31.9 Å². The molecule has 56 heavy (non-hydrogen) atoms. The van der Waals surface area contributed by atoms with Crippen molar-refractivity contribution in [3.8, 4) is 0 Å². The van der Waals surface area contributed by atoms with Crippen LogP contribution in [0, 0.1) is 18.7 Å². The summed E-state index contributed by atoms with van der Waals surface area (Å²) >= 11 is 0. The highest BCUT2D eigenvalue weighted by atomic mass is 19.4. The Morgan fingerprint density at radius 3 is 2.45 bits per heavy atom. The lowest BCUT2D eigenvalue weighted by molar-refractivity contribution is -0.141. The Hall–Kier alpha value is -5.38. The first-order chi connectivity index (χ1) is 26.7. The first-order valence-electron chi connectivity index (χ1n) is 19.1. The molecule has 5 aromatic rings. The van der Waals surface area contributed by atoms with E-state index in [4.69, 9.17) is 0 Å². The second-order valence-electron chi connectivity index (χ2n) is 15.5. The molecule has 2 aliphatic heterocycles. The summed E-state index contributed by atoms with van der Waals surface area (Å²) in [6.45, 7) is 4.93. The van der Waals surface area contributed by atoms with E-state index in [1.165, 1.54) is 12.1 Å². The number of likely N-dealkylation sites (tertiary alicyclic amines) is 1. The third-order valence-electron chi connectivity index (χ3n) is 11.9. The van der Waals surface area contributed by atoms with Gasteiger partial charge in [0.15, 0.2) is 0 Å². The van der Waals surface area contributed by atoms with Crippen LogP contribution in [0.3, 0.4) is 0 Å². The van der Waals surface area contributed by atoms with Gasteiger partial charge in [-0.1, -0.05) is 12.1 Å². The zero-order valence-electron chi connectivity index (χ0n) is 31.0. The Balaban J connectivity index is 0.880. The van der Waals surface area contributed by atoms with Crippen LogP contribution in [0.1, 0.15) is 96.7 Å². The molecule has 3 aliphatic rings. The van der Waals surface area contributed by atoms with Gasteiger partial charge in [-0.05, 0) is 112 Å². The maximum atomic E-state index is 15.0. The Morgan fingerprint density at radius 2 is 1.73 bits per heavy atom. The van der Waals surface area contributed by atoms with Crippen molar-refractivity contribution in [1.82, 2.24) is 34.1 Å². The number of aryl methyl sites for hydroxylation is 2. The molecule has 3 amide bonds. The van der Waals surface area contributed by atoms with Crippen LogP contribution in [0.4, 0.5) is 23.2 Å². The van der Waals surface area contributed by atoms with Gasteiger partial charge in [-0.3, -0.25) is 33.5 Å². The van der Waals surface area contributed by atoms with E-state index >= 15 is 4.39 Å². The van der Waals surface area contributed by atoms with Crippen LogP contribution < -0.4 is 16.3 Å². The molecule has 2 aromatic carbocycles. The zero-order valence-corrected chi connectivity index (χ0v) is 31.0. The molecule has 12 nitrogen and oxygen atoms in total. The number of carbonyl (C=O) groups excluding carboxylic acids is 3. The van der Waals surface area contributed by atoms with Gasteiger partial charge in [0.1, 0.15) is 23.2 Å². The highest BCUT2D eigenvalue weighted by Gasteiger charge is 2.35. The molecule has 1 atom stereocenters. The summed E-state index contributed by atoms with van der Waals surface area (Å²) in [7, 11) is 1.76. The molecular weight excluding hydrogens is 732 g/mol. The number of nitrogens with zero attached hydrogens (tertiary/aromatic N) is 6. The van der Waals surface area contributed by atoms with Crippen molar-refractivity contribution in [2.45, 2.75) is 82.5 Å². The number of benzene rings is 2. The largest absolute Gasteiger partial charge is 0.433 e. The molecule has 8 rings (SSSR count). The molecule has 1 saturated carbocycles. The molecule has 3 fully saturated rings. The number of hydrogen-bond acceptors (Lipinski definition) is 7. The molecule has 0 bridgehead atoms. The fraction of sp³-hybridized carbons (Fsp3) is 0.450. The second kappa shape index (κ2) is 14.6. The van der Waals surface area contributed by atoms with Crippen molar-refractivity contribution in [2.75, 3.05) is 25.0 Å². The van der Waals surface area contributed by atoms with Gasteiger partial charge >= 0.3 is 11.9 Å². The maximum Gasteiger partial charge on any atom is 0.433 e. The van der Waals surface area contributed by atoms with Crippen LogP contribution >= 0.6 is 0 Å². The van der Waals surface area contributed by atoms with Crippen molar-refractivity contribution >= 4 is 45.3 Å². The third kappa shape index (κ3) is 7.10. The standard InChI is InChI=1S/C40H42F4N8O4/c1-22-6-11-31-36(49(2)39(56)52(31)32-12-13-34(53)47-38(32)55)35(22)24-14-16-50(17-15-24)20-23-7-9-26(10-8-23)51-21-25-18-30(27(41)19-29(25)48-51)46-37(54)28-4-3-5-33(45-28)40(42,43)44/h3-6,11,18-19,21,23-24,26,32H,7-10,12-17,20H2,1-2H3,(H,46,54)(H,47,53,55)/t23-,26-,32?. The van der Waals surface area contributed by atoms with Crippen LogP contribution in [-0.4, -0.2) is 66.2 Å². The average molecular weight is 775 g/mol. The molecular formula is C40H42F4N8O4. The third-order valence-corrected chi connectivity index (χ3v) is 11.9. The van der Waals surface area contributed by atoms with Crippen LogP contribution in [0.5, 0.6) is 0 Å². The van der Waals surface area contributed by atoms with E-state index in [-0.39, 0.29) is 35.7 Å². The summed E-state index contributed by atoms with van der Waals surface area (Å²) in [6, 6.07) is 8.98. The lowest BCUT2D eigenvalue weighted by Crippen LogP contribution is -2.44. The summed E-state index contributed by atoms with van der Waals surface area (Å²) in [6.07, 6.45) is 3.31. The number of hydrogen-bond donors (Lipinski definition) is 2. The second-order valence-corrected chi connectivity index (χ2v) is 15.5. The number of carbonyl (C=O) groups is 3. The monoisotopic (exact) mass is 774 g/mol. The Kier molecular flexibility index (Phi) is 9.79. The number of imide groups is 1. The Morgan fingerprint density at radius 1 is 0.982 bits per heavy atom. The van der Waals surface area contributed by atoms with Crippen molar-refractivity contribution in [3.05, 3.63) is 87.5 Å². The van der Waals surface area contributed by atoms with E-state index < -0.39 is 41.2 Å². The topological polar surface area (TPSA) is 136 Å². The summed E-state index contributed by atoms with van der Waals surface area (Å²) in [5, 5.41) is 9.96. The van der Waals surface area contributed by atoms with E-state index in [1.807, 2.05) is 23.0 Å². The van der Waals surface area contributed by atoms with E-state index in [0.29, 0.717) is 23.2 Å². The highest BCUT2D eigenvalue weighted by Crippen LogP contribution is 2.38. The quantitative estimate of drug-likeness (QED) is 0.145. The number of halogens is 4. The highest BCUT2D eigenvalue weighted by molar-refractivity contribution is 6.04. The lowest BCUT2D eigenvalue weighted by Gasteiger charge is -2.37. The number of fused-ring (bicyclic) bond motifs is 2. The van der Waals surface area contributed by atoms with Gasteiger partial charge in [0.2, 0.25) is 11.8 Å². The average Bonchev–Trinajstić information content (AvgIpc) is 3.69. The first-order valence-corrected chi connectivity index (χ1v) is 19.1. The van der Waals surface area contributed by atoms with E-state index in [1.54, 1.807) is 16.2 Å². The summed E-state index contributed by atoms with van der Waals surface area (Å²) in [4.78, 5) is 56.7. The zero-order chi connectivity index (χ0) is 39.5. The molecule has 2 N–H and O–H groups in total.